The predicted molar refractivity (Wildman–Crippen MR) is 179 cm³/mol. The van der Waals surface area contributed by atoms with E-state index in [4.69, 9.17) is 32.5 Å². The Hall–Kier alpha value is -5.00. The molecule has 274 valence electrons. The van der Waals surface area contributed by atoms with Crippen molar-refractivity contribution >= 4 is 48.7 Å². The van der Waals surface area contributed by atoms with E-state index in [9.17, 15) is 23.7 Å². The standard InChI is InChI=1S/C32H39N6O12P/c1-6-13-45-32(42)37-27(31(41)44-5)20(3)50-51(43,46-14-7-2)47-17-24-23(48-21(4)39)16-26(49-24)38-19-35-28-29(33-18-34-30(28)38)36-25(40)15-22-11-9-8-10-12-22/h6-12,18-20,23-24,26-27H,1-2,13-17H2,3-5H3,(H,37,42)(H,33,34,36,40)/t20-,23+,24-,26-,27+,51?/m1/s1. The number of phosphoric ester groups is 1. The predicted octanol–water partition coefficient (Wildman–Crippen LogP) is 3.41. The number of imidazole rings is 1. The van der Waals surface area contributed by atoms with Gasteiger partial charge in [-0.25, -0.2) is 29.1 Å². The quantitative estimate of drug-likeness (QED) is 0.0829. The summed E-state index contributed by atoms with van der Waals surface area (Å²) >= 11 is 0. The van der Waals surface area contributed by atoms with Crippen LogP contribution in [0.4, 0.5) is 10.6 Å². The van der Waals surface area contributed by atoms with Crippen LogP contribution < -0.4 is 10.6 Å². The van der Waals surface area contributed by atoms with Gasteiger partial charge in [-0.2, -0.15) is 0 Å². The summed E-state index contributed by atoms with van der Waals surface area (Å²) in [5.74, 6) is -1.65. The summed E-state index contributed by atoms with van der Waals surface area (Å²) in [7, 11) is -3.44. The lowest BCUT2D eigenvalue weighted by molar-refractivity contribution is -0.150. The third kappa shape index (κ3) is 10.7. The molecule has 0 radical (unpaired) electrons. The van der Waals surface area contributed by atoms with Gasteiger partial charge in [0.15, 0.2) is 23.0 Å². The number of phosphoric acid groups is 1. The Morgan fingerprint density at radius 3 is 2.53 bits per heavy atom. The van der Waals surface area contributed by atoms with Gasteiger partial charge in [0.1, 0.15) is 31.4 Å². The van der Waals surface area contributed by atoms with Gasteiger partial charge < -0.3 is 29.6 Å². The monoisotopic (exact) mass is 730 g/mol. The molecule has 2 amide bonds. The van der Waals surface area contributed by atoms with Gasteiger partial charge >= 0.3 is 25.9 Å². The summed E-state index contributed by atoms with van der Waals surface area (Å²) < 4.78 is 53.3. The number of hydrogen-bond acceptors (Lipinski definition) is 15. The van der Waals surface area contributed by atoms with Gasteiger partial charge in [-0.15, -0.1) is 6.58 Å². The molecule has 0 saturated carbocycles. The van der Waals surface area contributed by atoms with E-state index in [-0.39, 0.29) is 43.3 Å². The maximum Gasteiger partial charge on any atom is 0.475 e. The normalized spacial score (nSPS) is 19.2. The Labute approximate surface area is 293 Å². The number of ether oxygens (including phenoxy) is 4. The van der Waals surface area contributed by atoms with Gasteiger partial charge in [-0.05, 0) is 12.5 Å². The largest absolute Gasteiger partial charge is 0.475 e. The lowest BCUT2D eigenvalue weighted by Crippen LogP contribution is -2.49. The Morgan fingerprint density at radius 1 is 1.10 bits per heavy atom. The highest BCUT2D eigenvalue weighted by atomic mass is 31.2. The number of nitrogens with one attached hydrogen (secondary N) is 2. The van der Waals surface area contributed by atoms with E-state index in [0.29, 0.717) is 5.65 Å². The second-order valence-electron chi connectivity index (χ2n) is 10.9. The summed E-state index contributed by atoms with van der Waals surface area (Å²) in [4.78, 5) is 62.3. The van der Waals surface area contributed by atoms with E-state index in [1.165, 1.54) is 38.7 Å². The summed E-state index contributed by atoms with van der Waals surface area (Å²) in [6.07, 6.45) is 0.515. The molecule has 1 saturated heterocycles. The van der Waals surface area contributed by atoms with Crippen LogP contribution in [0.15, 0.2) is 68.3 Å². The number of hydrogen-bond donors (Lipinski definition) is 2. The van der Waals surface area contributed by atoms with Gasteiger partial charge in [0.05, 0.1) is 39.2 Å². The lowest BCUT2D eigenvalue weighted by Gasteiger charge is -2.27. The van der Waals surface area contributed by atoms with Crippen LogP contribution in [-0.2, 0) is 57.9 Å². The van der Waals surface area contributed by atoms with Crippen molar-refractivity contribution in [2.24, 2.45) is 0 Å². The van der Waals surface area contributed by atoms with Gasteiger partial charge in [-0.3, -0.25) is 27.7 Å². The Balaban J connectivity index is 1.49. The number of esters is 2. The average Bonchev–Trinajstić information content (AvgIpc) is 3.72. The second-order valence-corrected chi connectivity index (χ2v) is 12.6. The van der Waals surface area contributed by atoms with Crippen molar-refractivity contribution in [2.45, 2.75) is 57.3 Å². The highest BCUT2D eigenvalue weighted by molar-refractivity contribution is 7.48. The number of methoxy groups -OCH3 is 1. The molecule has 18 nitrogen and oxygen atoms in total. The van der Waals surface area contributed by atoms with Crippen LogP contribution in [-0.4, -0.2) is 94.7 Å². The van der Waals surface area contributed by atoms with Gasteiger partial charge in [0.25, 0.3) is 0 Å². The molecule has 0 aliphatic carbocycles. The molecular formula is C32H39N6O12P. The minimum atomic E-state index is -4.53. The van der Waals surface area contributed by atoms with Crippen molar-refractivity contribution in [3.05, 3.63) is 73.9 Å². The molecule has 0 spiro atoms. The third-order valence-electron chi connectivity index (χ3n) is 7.21. The molecule has 3 heterocycles. The van der Waals surface area contributed by atoms with Gasteiger partial charge in [0, 0.05) is 13.3 Å². The number of anilines is 1. The lowest BCUT2D eigenvalue weighted by atomic mass is 10.1. The Morgan fingerprint density at radius 2 is 1.84 bits per heavy atom. The molecule has 19 heteroatoms. The summed E-state index contributed by atoms with van der Waals surface area (Å²) in [5, 5.41) is 5.05. The molecule has 4 rings (SSSR count). The zero-order valence-electron chi connectivity index (χ0n) is 28.2. The first-order valence-electron chi connectivity index (χ1n) is 15.6. The van der Waals surface area contributed by atoms with Crippen molar-refractivity contribution in [3.63, 3.8) is 0 Å². The molecule has 1 aliphatic heterocycles. The third-order valence-corrected chi connectivity index (χ3v) is 8.73. The Bertz CT molecular complexity index is 1750. The van der Waals surface area contributed by atoms with Crippen LogP contribution in [0.25, 0.3) is 11.2 Å². The van der Waals surface area contributed by atoms with Crippen LogP contribution in [0.1, 0.15) is 32.1 Å². The molecule has 1 unspecified atom stereocenters. The maximum atomic E-state index is 13.8. The van der Waals surface area contributed by atoms with E-state index in [1.807, 2.05) is 30.3 Å². The molecule has 2 N–H and O–H groups in total. The Kier molecular flexibility index (Phi) is 13.9. The molecule has 1 aliphatic rings. The maximum absolute atomic E-state index is 13.8. The van der Waals surface area contributed by atoms with E-state index in [1.54, 1.807) is 4.57 Å². The summed E-state index contributed by atoms with van der Waals surface area (Å²) in [5.41, 5.74) is 1.43. The zero-order chi connectivity index (χ0) is 37.0. The zero-order valence-corrected chi connectivity index (χ0v) is 29.1. The second kappa shape index (κ2) is 18.3. The van der Waals surface area contributed by atoms with E-state index < -0.39 is 63.0 Å². The number of amides is 2. The average molecular weight is 731 g/mol. The summed E-state index contributed by atoms with van der Waals surface area (Å²) in [6, 6.07) is 7.71. The van der Waals surface area contributed by atoms with E-state index >= 15 is 0 Å². The van der Waals surface area contributed by atoms with Crippen LogP contribution in [0.2, 0.25) is 0 Å². The number of alkyl carbamates (subject to hydrolysis) is 1. The van der Waals surface area contributed by atoms with Crippen molar-refractivity contribution in [2.75, 3.05) is 32.2 Å². The topological polar surface area (TPSA) is 218 Å². The molecule has 1 fully saturated rings. The number of aromatic nitrogens is 4. The number of rotatable bonds is 18. The fraction of sp³-hybridized carbons (Fsp3) is 0.406. The number of carbonyl (C=O) groups is 4. The molecule has 6 atom stereocenters. The number of nitrogens with zero attached hydrogens (tertiary/aromatic N) is 4. The molecular weight excluding hydrogens is 691 g/mol. The van der Waals surface area contributed by atoms with Crippen LogP contribution in [0, 0.1) is 0 Å². The minimum absolute atomic E-state index is 0.106. The van der Waals surface area contributed by atoms with Crippen molar-refractivity contribution in [1.82, 2.24) is 24.8 Å². The SMILES string of the molecule is C=CCOC(=O)N[C@H](C(=O)OC)[C@@H](C)OP(=O)(OCC=C)OC[C@H]1O[C@@H](n2cnc3c(NC(=O)Cc4ccccc4)ncnc32)C[C@@H]1OC(C)=O. The number of carbonyl (C=O) groups excluding carboxylic acids is 4. The summed E-state index contributed by atoms with van der Waals surface area (Å²) in [6.45, 7) is 8.63. The highest BCUT2D eigenvalue weighted by Gasteiger charge is 2.43. The van der Waals surface area contributed by atoms with Gasteiger partial charge in [0.2, 0.25) is 5.91 Å². The molecule has 51 heavy (non-hydrogen) atoms. The van der Waals surface area contributed by atoms with Crippen LogP contribution in [0.3, 0.4) is 0 Å². The fourth-order valence-corrected chi connectivity index (χ4v) is 6.28. The van der Waals surface area contributed by atoms with E-state index in [2.05, 4.69) is 38.7 Å². The van der Waals surface area contributed by atoms with Crippen molar-refractivity contribution in [3.8, 4) is 0 Å². The van der Waals surface area contributed by atoms with E-state index in [0.717, 1.165) is 12.7 Å². The first kappa shape index (κ1) is 38.8. The van der Waals surface area contributed by atoms with Crippen molar-refractivity contribution < 1.29 is 56.3 Å². The highest BCUT2D eigenvalue weighted by Crippen LogP contribution is 2.51. The molecule has 2 aromatic heterocycles. The minimum Gasteiger partial charge on any atom is -0.467 e. The first-order valence-corrected chi connectivity index (χ1v) is 17.1. The number of fused-ring (bicyclic) bond motifs is 1. The first-order chi connectivity index (χ1) is 24.5. The number of benzene rings is 1. The fourth-order valence-electron chi connectivity index (χ4n) is 4.94. The van der Waals surface area contributed by atoms with Crippen molar-refractivity contribution in [1.29, 1.82) is 0 Å². The smallest absolute Gasteiger partial charge is 0.467 e. The molecule has 0 bridgehead atoms. The van der Waals surface area contributed by atoms with Crippen LogP contribution >= 0.6 is 7.82 Å². The molecule has 3 aromatic rings. The van der Waals surface area contributed by atoms with Gasteiger partial charge in [-0.1, -0.05) is 49.1 Å². The molecule has 1 aromatic carbocycles. The van der Waals surface area contributed by atoms with Crippen LogP contribution in [0.5, 0.6) is 0 Å².